The molecule has 3 aromatic rings. The number of aliphatic imine (C=N–C) groups is 1. The van der Waals surface area contributed by atoms with E-state index in [1.165, 1.54) is 6.92 Å². The number of methoxy groups -OCH3 is 1. The normalized spacial score (nSPS) is 13.9. The van der Waals surface area contributed by atoms with Gasteiger partial charge in [-0.25, -0.2) is 0 Å². The number of carbonyl (C=O) groups excluding carboxylic acids is 2. The Labute approximate surface area is 207 Å². The molecule has 0 saturated heterocycles. The molecule has 178 valence electrons. The maximum Gasteiger partial charge on any atom is 0.286 e. The molecular formula is C27H24N2O5S. The lowest BCUT2D eigenvalue weighted by atomic mass is 10.1. The van der Waals surface area contributed by atoms with Gasteiger partial charge in [0, 0.05) is 12.5 Å². The van der Waals surface area contributed by atoms with Gasteiger partial charge in [0.25, 0.3) is 5.91 Å². The molecule has 1 aliphatic heterocycles. The van der Waals surface area contributed by atoms with Gasteiger partial charge in [0.05, 0.1) is 12.0 Å². The highest BCUT2D eigenvalue weighted by Gasteiger charge is 2.23. The van der Waals surface area contributed by atoms with Gasteiger partial charge >= 0.3 is 0 Å². The molecule has 0 spiro atoms. The summed E-state index contributed by atoms with van der Waals surface area (Å²) in [5.74, 6) is 1.21. The van der Waals surface area contributed by atoms with E-state index in [9.17, 15) is 9.59 Å². The van der Waals surface area contributed by atoms with Crippen molar-refractivity contribution in [3.63, 3.8) is 0 Å². The monoisotopic (exact) mass is 488 g/mol. The lowest BCUT2D eigenvalue weighted by Gasteiger charge is -2.14. The molecule has 0 atom stereocenters. The number of ether oxygens (including phenoxy) is 3. The maximum atomic E-state index is 12.2. The van der Waals surface area contributed by atoms with Crippen molar-refractivity contribution in [2.75, 3.05) is 7.11 Å². The van der Waals surface area contributed by atoms with Crippen LogP contribution < -0.4 is 19.5 Å². The number of rotatable bonds is 8. The van der Waals surface area contributed by atoms with Crippen molar-refractivity contribution in [1.29, 1.82) is 0 Å². The predicted octanol–water partition coefficient (Wildman–Crippen LogP) is 4.96. The third-order valence-corrected chi connectivity index (χ3v) is 5.87. The van der Waals surface area contributed by atoms with Crippen molar-refractivity contribution < 1.29 is 23.8 Å². The van der Waals surface area contributed by atoms with Crippen molar-refractivity contribution in [2.45, 2.75) is 20.1 Å². The van der Waals surface area contributed by atoms with E-state index in [4.69, 9.17) is 14.2 Å². The summed E-state index contributed by atoms with van der Waals surface area (Å²) >= 11 is 1.12. The maximum absolute atomic E-state index is 12.2. The number of benzene rings is 3. The van der Waals surface area contributed by atoms with Crippen molar-refractivity contribution in [3.05, 3.63) is 94.4 Å². The molecule has 0 fully saturated rings. The van der Waals surface area contributed by atoms with Crippen LogP contribution in [0.25, 0.3) is 6.08 Å². The van der Waals surface area contributed by atoms with Crippen LogP contribution in [0.3, 0.4) is 0 Å². The summed E-state index contributed by atoms with van der Waals surface area (Å²) in [6.45, 7) is 2.11. The summed E-state index contributed by atoms with van der Waals surface area (Å²) in [6.07, 6.45) is 1.71. The Hall–Kier alpha value is -4.04. The molecule has 1 N–H and O–H groups in total. The molecule has 0 unspecified atom stereocenters. The second-order valence-electron chi connectivity index (χ2n) is 7.60. The van der Waals surface area contributed by atoms with Gasteiger partial charge in [0.2, 0.25) is 5.91 Å². The summed E-state index contributed by atoms with van der Waals surface area (Å²) in [5, 5.41) is 2.81. The van der Waals surface area contributed by atoms with Gasteiger partial charge in [-0.05, 0) is 47.2 Å². The molecule has 1 heterocycles. The molecule has 2 amide bonds. The average molecular weight is 489 g/mol. The van der Waals surface area contributed by atoms with E-state index in [1.807, 2.05) is 72.8 Å². The lowest BCUT2D eigenvalue weighted by molar-refractivity contribution is -0.117. The van der Waals surface area contributed by atoms with Crippen molar-refractivity contribution in [3.8, 4) is 17.2 Å². The fourth-order valence-corrected chi connectivity index (χ4v) is 4.15. The highest BCUT2D eigenvalue weighted by Crippen LogP contribution is 2.32. The first-order valence-corrected chi connectivity index (χ1v) is 11.7. The van der Waals surface area contributed by atoms with Crippen LogP contribution in [0.1, 0.15) is 23.6 Å². The van der Waals surface area contributed by atoms with E-state index in [0.29, 0.717) is 35.4 Å². The smallest absolute Gasteiger partial charge is 0.286 e. The SMILES string of the molecule is COc1cc(COc2ccccc2/C=C2/SC(NC(C)=O)=NC2=O)ccc1OCc1ccccc1. The number of para-hydroxylation sites is 1. The Morgan fingerprint density at radius 1 is 0.914 bits per heavy atom. The molecule has 0 saturated carbocycles. The topological polar surface area (TPSA) is 86.2 Å². The van der Waals surface area contributed by atoms with Crippen molar-refractivity contribution >= 4 is 34.8 Å². The van der Waals surface area contributed by atoms with E-state index >= 15 is 0 Å². The van der Waals surface area contributed by atoms with E-state index in [-0.39, 0.29) is 11.1 Å². The first-order valence-electron chi connectivity index (χ1n) is 10.9. The summed E-state index contributed by atoms with van der Waals surface area (Å²) in [4.78, 5) is 27.7. The minimum Gasteiger partial charge on any atom is -0.493 e. The first kappa shape index (κ1) is 24.1. The molecule has 0 aromatic heterocycles. The quantitative estimate of drug-likeness (QED) is 0.451. The Balaban J connectivity index is 1.43. The van der Waals surface area contributed by atoms with Gasteiger partial charge < -0.3 is 19.5 Å². The molecule has 7 nitrogen and oxygen atoms in total. The standard InChI is InChI=1S/C27H24N2O5S/c1-18(30)28-27-29-26(31)25(35-27)15-21-10-6-7-11-22(21)33-17-20-12-13-23(24(14-20)32-2)34-16-19-8-4-3-5-9-19/h3-15H,16-17H2,1-2H3,(H,28,29,30,31)/b25-15+. The zero-order valence-electron chi connectivity index (χ0n) is 19.3. The van der Waals surface area contributed by atoms with Gasteiger partial charge in [0.15, 0.2) is 16.7 Å². The molecule has 1 aliphatic rings. The third-order valence-electron chi connectivity index (χ3n) is 4.97. The van der Waals surface area contributed by atoms with Gasteiger partial charge in [-0.2, -0.15) is 4.99 Å². The molecular weight excluding hydrogens is 464 g/mol. The second kappa shape index (κ2) is 11.4. The van der Waals surface area contributed by atoms with E-state index in [2.05, 4.69) is 10.3 Å². The Morgan fingerprint density at radius 2 is 1.63 bits per heavy atom. The Kier molecular flexibility index (Phi) is 7.84. The summed E-state index contributed by atoms with van der Waals surface area (Å²) in [7, 11) is 1.60. The minimum atomic E-state index is -0.399. The third kappa shape index (κ3) is 6.51. The number of nitrogens with zero attached hydrogens (tertiary/aromatic N) is 1. The van der Waals surface area contributed by atoms with E-state index in [0.717, 1.165) is 28.5 Å². The number of amides is 2. The number of hydrogen-bond donors (Lipinski definition) is 1. The van der Waals surface area contributed by atoms with Crippen molar-refractivity contribution in [1.82, 2.24) is 5.32 Å². The number of nitrogens with one attached hydrogen (secondary N) is 1. The first-order chi connectivity index (χ1) is 17.0. The van der Waals surface area contributed by atoms with Gasteiger partial charge in [-0.1, -0.05) is 54.6 Å². The number of thioether (sulfide) groups is 1. The zero-order valence-corrected chi connectivity index (χ0v) is 20.1. The van der Waals surface area contributed by atoms with Crippen molar-refractivity contribution in [2.24, 2.45) is 4.99 Å². The number of hydrogen-bond acceptors (Lipinski definition) is 6. The van der Waals surface area contributed by atoms with Crippen LogP contribution in [0.4, 0.5) is 0 Å². The van der Waals surface area contributed by atoms with Crippen LogP contribution in [0, 0.1) is 0 Å². The van der Waals surface area contributed by atoms with Gasteiger partial charge in [-0.3, -0.25) is 9.59 Å². The van der Waals surface area contributed by atoms with Crippen LogP contribution in [0.15, 0.2) is 82.7 Å². The lowest BCUT2D eigenvalue weighted by Crippen LogP contribution is -2.23. The van der Waals surface area contributed by atoms with E-state index < -0.39 is 5.91 Å². The molecule has 4 rings (SSSR count). The molecule has 0 aliphatic carbocycles. The second-order valence-corrected chi connectivity index (χ2v) is 8.63. The van der Waals surface area contributed by atoms with Crippen LogP contribution in [-0.4, -0.2) is 24.1 Å². The van der Waals surface area contributed by atoms with Crippen LogP contribution in [0.2, 0.25) is 0 Å². The Morgan fingerprint density at radius 3 is 2.40 bits per heavy atom. The average Bonchev–Trinajstić information content (AvgIpc) is 3.20. The fourth-order valence-electron chi connectivity index (χ4n) is 3.30. The van der Waals surface area contributed by atoms with Gasteiger partial charge in [-0.15, -0.1) is 0 Å². The van der Waals surface area contributed by atoms with Crippen LogP contribution in [0.5, 0.6) is 17.2 Å². The highest BCUT2D eigenvalue weighted by molar-refractivity contribution is 8.18. The molecule has 0 radical (unpaired) electrons. The summed E-state index contributed by atoms with van der Waals surface area (Å²) in [6, 6.07) is 23.0. The molecule has 3 aromatic carbocycles. The highest BCUT2D eigenvalue weighted by atomic mass is 32.2. The van der Waals surface area contributed by atoms with Crippen LogP contribution in [-0.2, 0) is 22.8 Å². The summed E-state index contributed by atoms with van der Waals surface area (Å²) < 4.78 is 17.5. The largest absolute Gasteiger partial charge is 0.493 e. The fraction of sp³-hybridized carbons (Fsp3) is 0.148. The minimum absolute atomic E-state index is 0.272. The number of amidine groups is 1. The molecule has 0 bridgehead atoms. The Bertz CT molecular complexity index is 1290. The molecule has 35 heavy (non-hydrogen) atoms. The van der Waals surface area contributed by atoms with Gasteiger partial charge in [0.1, 0.15) is 19.0 Å². The predicted molar refractivity (Wildman–Crippen MR) is 136 cm³/mol. The van der Waals surface area contributed by atoms with Crippen LogP contribution >= 0.6 is 11.8 Å². The zero-order chi connectivity index (χ0) is 24.6. The summed E-state index contributed by atoms with van der Waals surface area (Å²) in [5.41, 5.74) is 2.71. The molecule has 8 heteroatoms. The van der Waals surface area contributed by atoms with E-state index in [1.54, 1.807) is 13.2 Å². The number of carbonyl (C=O) groups is 2.